The van der Waals surface area contributed by atoms with Crippen molar-refractivity contribution >= 4 is 52.6 Å². The molecule has 2 aromatic rings. The molecule has 0 bridgehead atoms. The standard InChI is InChI=1S/C20H21Cl2N3OS/c21-15-8-14(13-4-1-2-5-13)9-16(10-15)24-20(26)17-11-19(23-12-18(17)22)25-6-3-7-27-25/h8-13H,1-7H2,(H,24,26). The van der Waals surface area contributed by atoms with E-state index in [-0.39, 0.29) is 5.91 Å². The van der Waals surface area contributed by atoms with Gasteiger partial charge < -0.3 is 9.62 Å². The lowest BCUT2D eigenvalue weighted by atomic mass is 9.97. The zero-order chi connectivity index (χ0) is 18.8. The smallest absolute Gasteiger partial charge is 0.257 e. The molecule has 0 atom stereocenters. The Balaban J connectivity index is 1.56. The van der Waals surface area contributed by atoms with Crippen LogP contribution in [-0.4, -0.2) is 23.2 Å². The number of benzene rings is 1. The van der Waals surface area contributed by atoms with Gasteiger partial charge in [0.2, 0.25) is 0 Å². The Morgan fingerprint density at radius 3 is 2.70 bits per heavy atom. The topological polar surface area (TPSA) is 45.2 Å². The number of hydrogen-bond donors (Lipinski definition) is 1. The van der Waals surface area contributed by atoms with E-state index in [4.69, 9.17) is 23.2 Å². The van der Waals surface area contributed by atoms with Crippen LogP contribution in [0.3, 0.4) is 0 Å². The van der Waals surface area contributed by atoms with Gasteiger partial charge in [0.25, 0.3) is 5.91 Å². The van der Waals surface area contributed by atoms with E-state index in [2.05, 4.69) is 14.6 Å². The molecule has 1 saturated heterocycles. The average molecular weight is 422 g/mol. The van der Waals surface area contributed by atoms with Crippen LogP contribution >= 0.6 is 35.1 Å². The van der Waals surface area contributed by atoms with Crippen LogP contribution in [0.4, 0.5) is 11.5 Å². The van der Waals surface area contributed by atoms with Gasteiger partial charge in [0.1, 0.15) is 5.82 Å². The van der Waals surface area contributed by atoms with E-state index in [9.17, 15) is 4.79 Å². The van der Waals surface area contributed by atoms with Gasteiger partial charge >= 0.3 is 0 Å². The number of pyridine rings is 1. The fourth-order valence-corrected chi connectivity index (χ4v) is 5.15. The minimum Gasteiger partial charge on any atom is -0.322 e. The molecular formula is C20H21Cl2N3OS. The van der Waals surface area contributed by atoms with Crippen LogP contribution in [0.1, 0.15) is 53.9 Å². The Morgan fingerprint density at radius 1 is 1.15 bits per heavy atom. The highest BCUT2D eigenvalue weighted by Gasteiger charge is 2.21. The molecule has 4 nitrogen and oxygen atoms in total. The van der Waals surface area contributed by atoms with Crippen LogP contribution in [-0.2, 0) is 0 Å². The molecule has 1 amide bonds. The first kappa shape index (κ1) is 18.9. The fourth-order valence-electron chi connectivity index (χ4n) is 3.74. The minimum atomic E-state index is -0.243. The molecule has 1 aromatic carbocycles. The first-order valence-electron chi connectivity index (χ1n) is 9.28. The van der Waals surface area contributed by atoms with E-state index in [1.165, 1.54) is 31.2 Å². The summed E-state index contributed by atoms with van der Waals surface area (Å²) in [4.78, 5) is 17.2. The number of nitrogens with zero attached hydrogens (tertiary/aromatic N) is 2. The van der Waals surface area contributed by atoms with Gasteiger partial charge in [-0.05, 0) is 67.0 Å². The molecule has 2 fully saturated rings. The Morgan fingerprint density at radius 2 is 1.96 bits per heavy atom. The molecule has 2 heterocycles. The third-order valence-electron chi connectivity index (χ3n) is 5.10. The second-order valence-corrected chi connectivity index (χ2v) is 8.97. The van der Waals surface area contributed by atoms with Gasteiger partial charge in [-0.2, -0.15) is 0 Å². The summed E-state index contributed by atoms with van der Waals surface area (Å²) in [7, 11) is 0. The van der Waals surface area contributed by atoms with E-state index in [0.29, 0.717) is 27.2 Å². The second-order valence-electron chi connectivity index (χ2n) is 7.02. The molecule has 7 heteroatoms. The zero-order valence-electron chi connectivity index (χ0n) is 14.9. The summed E-state index contributed by atoms with van der Waals surface area (Å²) >= 11 is 14.3. The molecule has 0 radical (unpaired) electrons. The molecule has 1 saturated carbocycles. The number of anilines is 2. The summed E-state index contributed by atoms with van der Waals surface area (Å²) in [5, 5.41) is 3.95. The van der Waals surface area contributed by atoms with Crippen LogP contribution in [0.25, 0.3) is 0 Å². The summed E-state index contributed by atoms with van der Waals surface area (Å²) in [6, 6.07) is 7.59. The zero-order valence-corrected chi connectivity index (χ0v) is 17.2. The number of amides is 1. The van der Waals surface area contributed by atoms with Crippen molar-refractivity contribution in [1.82, 2.24) is 4.98 Å². The Bertz CT molecular complexity index is 849. The lowest BCUT2D eigenvalue weighted by Crippen LogP contribution is -2.16. The largest absolute Gasteiger partial charge is 0.322 e. The quantitative estimate of drug-likeness (QED) is 0.600. The molecule has 1 aliphatic heterocycles. The lowest BCUT2D eigenvalue weighted by Gasteiger charge is -2.16. The number of halogens is 2. The van der Waals surface area contributed by atoms with Crippen molar-refractivity contribution in [3.63, 3.8) is 0 Å². The monoisotopic (exact) mass is 421 g/mol. The molecular weight excluding hydrogens is 401 g/mol. The van der Waals surface area contributed by atoms with Crippen molar-refractivity contribution in [3.8, 4) is 0 Å². The van der Waals surface area contributed by atoms with Gasteiger partial charge in [-0.25, -0.2) is 4.98 Å². The maximum atomic E-state index is 12.9. The van der Waals surface area contributed by atoms with Crippen molar-refractivity contribution in [2.75, 3.05) is 21.9 Å². The Kier molecular flexibility index (Phi) is 5.81. The molecule has 1 aromatic heterocycles. The normalized spacial score (nSPS) is 17.5. The number of rotatable bonds is 4. The molecule has 2 aliphatic rings. The number of hydrogen-bond acceptors (Lipinski definition) is 4. The van der Waals surface area contributed by atoms with Crippen LogP contribution in [0.15, 0.2) is 30.5 Å². The summed E-state index contributed by atoms with van der Waals surface area (Å²) in [6.07, 6.45) is 7.53. The van der Waals surface area contributed by atoms with Gasteiger partial charge in [0, 0.05) is 29.2 Å². The van der Waals surface area contributed by atoms with Crippen molar-refractivity contribution in [2.24, 2.45) is 0 Å². The van der Waals surface area contributed by atoms with Crippen LogP contribution in [0.5, 0.6) is 0 Å². The van der Waals surface area contributed by atoms with Crippen LogP contribution < -0.4 is 9.62 Å². The number of aromatic nitrogens is 1. The van der Waals surface area contributed by atoms with Gasteiger partial charge in [-0.3, -0.25) is 4.79 Å². The highest BCUT2D eigenvalue weighted by atomic mass is 35.5. The van der Waals surface area contributed by atoms with E-state index in [1.54, 1.807) is 30.3 Å². The maximum Gasteiger partial charge on any atom is 0.257 e. The summed E-state index contributed by atoms with van der Waals surface area (Å²) in [5.74, 6) is 2.12. The van der Waals surface area contributed by atoms with E-state index in [0.717, 1.165) is 24.5 Å². The fraction of sp³-hybridized carbons (Fsp3) is 0.400. The molecule has 0 spiro atoms. The van der Waals surface area contributed by atoms with Crippen molar-refractivity contribution in [1.29, 1.82) is 0 Å². The van der Waals surface area contributed by atoms with Crippen LogP contribution in [0.2, 0.25) is 10.0 Å². The number of nitrogens with one attached hydrogen (secondary N) is 1. The van der Waals surface area contributed by atoms with Gasteiger partial charge in [-0.1, -0.05) is 36.0 Å². The SMILES string of the molecule is O=C(Nc1cc(Cl)cc(C2CCCC2)c1)c1cc(N2CCCS2)ncc1Cl. The number of carbonyl (C=O) groups is 1. The first-order valence-corrected chi connectivity index (χ1v) is 11.0. The molecule has 1 aliphatic carbocycles. The molecule has 1 N–H and O–H groups in total. The van der Waals surface area contributed by atoms with E-state index >= 15 is 0 Å². The predicted molar refractivity (Wildman–Crippen MR) is 114 cm³/mol. The van der Waals surface area contributed by atoms with Crippen molar-refractivity contribution < 1.29 is 4.79 Å². The van der Waals surface area contributed by atoms with Gasteiger partial charge in [-0.15, -0.1) is 0 Å². The summed E-state index contributed by atoms with van der Waals surface area (Å²) in [6.45, 7) is 0.930. The summed E-state index contributed by atoms with van der Waals surface area (Å²) in [5.41, 5.74) is 2.33. The van der Waals surface area contributed by atoms with Crippen LogP contribution in [0, 0.1) is 0 Å². The van der Waals surface area contributed by atoms with E-state index < -0.39 is 0 Å². The Hall–Kier alpha value is -1.43. The second kappa shape index (κ2) is 8.29. The van der Waals surface area contributed by atoms with Crippen molar-refractivity contribution in [2.45, 2.75) is 38.0 Å². The average Bonchev–Trinajstić information content (AvgIpc) is 3.35. The lowest BCUT2D eigenvalue weighted by molar-refractivity contribution is 0.102. The van der Waals surface area contributed by atoms with E-state index in [1.807, 2.05) is 12.1 Å². The molecule has 4 rings (SSSR count). The summed E-state index contributed by atoms with van der Waals surface area (Å²) < 4.78 is 2.10. The highest BCUT2D eigenvalue weighted by Crippen LogP contribution is 2.36. The molecule has 0 unspecified atom stereocenters. The van der Waals surface area contributed by atoms with Gasteiger partial charge in [0.05, 0.1) is 10.6 Å². The molecule has 27 heavy (non-hydrogen) atoms. The third-order valence-corrected chi connectivity index (χ3v) is 6.77. The first-order chi connectivity index (χ1) is 13.1. The predicted octanol–water partition coefficient (Wildman–Crippen LogP) is 6.16. The van der Waals surface area contributed by atoms with Crippen molar-refractivity contribution in [3.05, 3.63) is 51.6 Å². The number of carbonyl (C=O) groups excluding carboxylic acids is 1. The third kappa shape index (κ3) is 4.36. The highest BCUT2D eigenvalue weighted by molar-refractivity contribution is 8.00. The Labute approximate surface area is 173 Å². The maximum absolute atomic E-state index is 12.9. The minimum absolute atomic E-state index is 0.243. The molecule has 142 valence electrons. The van der Waals surface area contributed by atoms with Gasteiger partial charge in [0.15, 0.2) is 0 Å².